The fraction of sp³-hybridized carbons (Fsp3) is 0.214. The summed E-state index contributed by atoms with van der Waals surface area (Å²) in [4.78, 5) is 0.536. The van der Waals surface area contributed by atoms with Crippen LogP contribution >= 0.6 is 23.6 Å². The second kappa shape index (κ2) is 6.23. The number of benzene rings is 1. The summed E-state index contributed by atoms with van der Waals surface area (Å²) in [6.07, 6.45) is 0. The minimum atomic E-state index is -3.53. The van der Waals surface area contributed by atoms with Crippen LogP contribution in [0.25, 0.3) is 0 Å². The van der Waals surface area contributed by atoms with Crippen LogP contribution in [0, 0.1) is 6.92 Å². The lowest BCUT2D eigenvalue weighted by atomic mass is 10.1. The number of aryl methyl sites for hydroxylation is 1. The Labute approximate surface area is 134 Å². The Kier molecular flexibility index (Phi) is 4.77. The van der Waals surface area contributed by atoms with Crippen LogP contribution in [-0.4, -0.2) is 24.8 Å². The summed E-state index contributed by atoms with van der Waals surface area (Å²) in [5, 5.41) is 3.87. The molecule has 0 aliphatic heterocycles. The Morgan fingerprint density at radius 3 is 2.62 bits per heavy atom. The normalized spacial score (nSPS) is 11.8. The van der Waals surface area contributed by atoms with Crippen LogP contribution in [0.15, 0.2) is 39.9 Å². The Morgan fingerprint density at radius 2 is 2.10 bits per heavy atom. The molecule has 1 aromatic heterocycles. The van der Waals surface area contributed by atoms with E-state index in [0.29, 0.717) is 17.7 Å². The summed E-state index contributed by atoms with van der Waals surface area (Å²) in [6, 6.07) is 6.82. The predicted octanol–water partition coefficient (Wildman–Crippen LogP) is 2.51. The van der Waals surface area contributed by atoms with Gasteiger partial charge in [0.1, 0.15) is 4.99 Å². The second-order valence-corrected chi connectivity index (χ2v) is 7.97. The minimum Gasteiger partial charge on any atom is -0.389 e. The Bertz CT molecular complexity index is 753. The van der Waals surface area contributed by atoms with Crippen molar-refractivity contribution in [3.05, 3.63) is 51.7 Å². The lowest BCUT2D eigenvalue weighted by Crippen LogP contribution is -2.27. The molecule has 0 amide bonds. The standard InChI is InChI=1S/C14H16N2O2S3/c1-10-7-12(14(15)19)3-4-13(10)21(17,18)16(2)8-11-5-6-20-9-11/h3-7,9H,8H2,1-2H3,(H2,15,19). The molecule has 0 spiro atoms. The van der Waals surface area contributed by atoms with Gasteiger partial charge in [-0.1, -0.05) is 18.3 Å². The highest BCUT2D eigenvalue weighted by atomic mass is 32.2. The number of hydrogen-bond acceptors (Lipinski definition) is 4. The van der Waals surface area contributed by atoms with Gasteiger partial charge in [0.2, 0.25) is 10.0 Å². The van der Waals surface area contributed by atoms with E-state index in [2.05, 4.69) is 0 Å². The molecule has 0 saturated carbocycles. The van der Waals surface area contributed by atoms with Gasteiger partial charge in [0.25, 0.3) is 0 Å². The molecule has 7 heteroatoms. The largest absolute Gasteiger partial charge is 0.389 e. The Balaban J connectivity index is 2.33. The average Bonchev–Trinajstić information content (AvgIpc) is 2.90. The van der Waals surface area contributed by atoms with Crippen LogP contribution in [0.4, 0.5) is 0 Å². The van der Waals surface area contributed by atoms with Crippen molar-refractivity contribution < 1.29 is 8.42 Å². The van der Waals surface area contributed by atoms with E-state index in [1.54, 1.807) is 43.5 Å². The summed E-state index contributed by atoms with van der Waals surface area (Å²) < 4.78 is 26.6. The predicted molar refractivity (Wildman–Crippen MR) is 90.0 cm³/mol. The third-order valence-corrected chi connectivity index (χ3v) is 6.06. The van der Waals surface area contributed by atoms with Crippen molar-refractivity contribution in [1.29, 1.82) is 0 Å². The van der Waals surface area contributed by atoms with Crippen LogP contribution in [0.1, 0.15) is 16.7 Å². The molecular formula is C14H16N2O2S3. The molecule has 2 rings (SSSR count). The number of thiocarbonyl (C=S) groups is 1. The average molecular weight is 340 g/mol. The molecule has 112 valence electrons. The van der Waals surface area contributed by atoms with Gasteiger partial charge in [0.05, 0.1) is 4.90 Å². The first-order valence-electron chi connectivity index (χ1n) is 6.20. The molecule has 0 atom stereocenters. The summed E-state index contributed by atoms with van der Waals surface area (Å²) in [7, 11) is -1.96. The van der Waals surface area contributed by atoms with Crippen LogP contribution in [0.2, 0.25) is 0 Å². The van der Waals surface area contributed by atoms with Crippen molar-refractivity contribution >= 4 is 38.6 Å². The fourth-order valence-corrected chi connectivity index (χ4v) is 4.13. The van der Waals surface area contributed by atoms with Gasteiger partial charge in [-0.25, -0.2) is 8.42 Å². The van der Waals surface area contributed by atoms with Crippen molar-refractivity contribution in [2.75, 3.05) is 7.05 Å². The molecule has 2 aromatic rings. The van der Waals surface area contributed by atoms with Crippen molar-refractivity contribution in [1.82, 2.24) is 4.31 Å². The van der Waals surface area contributed by atoms with Gasteiger partial charge in [-0.05, 0) is 47.0 Å². The van der Waals surface area contributed by atoms with E-state index in [0.717, 1.165) is 5.56 Å². The molecule has 4 nitrogen and oxygen atoms in total. The van der Waals surface area contributed by atoms with E-state index >= 15 is 0 Å². The van der Waals surface area contributed by atoms with Crippen LogP contribution in [0.3, 0.4) is 0 Å². The molecule has 21 heavy (non-hydrogen) atoms. The van der Waals surface area contributed by atoms with E-state index in [9.17, 15) is 8.42 Å². The Hall–Kier alpha value is -1.28. The molecule has 1 aromatic carbocycles. The van der Waals surface area contributed by atoms with Gasteiger partial charge >= 0.3 is 0 Å². The monoisotopic (exact) mass is 340 g/mol. The number of nitrogens with two attached hydrogens (primary N) is 1. The van der Waals surface area contributed by atoms with Crippen LogP contribution in [-0.2, 0) is 16.6 Å². The van der Waals surface area contributed by atoms with Crippen molar-refractivity contribution in [2.45, 2.75) is 18.4 Å². The van der Waals surface area contributed by atoms with E-state index in [-0.39, 0.29) is 9.88 Å². The van der Waals surface area contributed by atoms with Gasteiger partial charge < -0.3 is 5.73 Å². The smallest absolute Gasteiger partial charge is 0.243 e. The number of hydrogen-bond donors (Lipinski definition) is 1. The SMILES string of the molecule is Cc1cc(C(N)=S)ccc1S(=O)(=O)N(C)Cc1ccsc1. The molecule has 2 N–H and O–H groups in total. The Morgan fingerprint density at radius 1 is 1.38 bits per heavy atom. The van der Waals surface area contributed by atoms with Crippen LogP contribution < -0.4 is 5.73 Å². The lowest BCUT2D eigenvalue weighted by molar-refractivity contribution is 0.467. The first kappa shape index (κ1) is 16.1. The number of rotatable bonds is 5. The number of thiophene rings is 1. The first-order chi connectivity index (χ1) is 9.82. The molecule has 0 bridgehead atoms. The molecule has 0 aliphatic rings. The third-order valence-electron chi connectivity index (χ3n) is 3.13. The summed E-state index contributed by atoms with van der Waals surface area (Å²) in [5.41, 5.74) is 7.85. The molecule has 0 saturated heterocycles. The molecule has 0 aliphatic carbocycles. The van der Waals surface area contributed by atoms with Crippen molar-refractivity contribution in [3.63, 3.8) is 0 Å². The topological polar surface area (TPSA) is 63.4 Å². The summed E-state index contributed by atoms with van der Waals surface area (Å²) in [6.45, 7) is 2.09. The van der Waals surface area contributed by atoms with Crippen molar-refractivity contribution in [2.24, 2.45) is 5.73 Å². The molecule has 0 radical (unpaired) electrons. The number of nitrogens with zero attached hydrogens (tertiary/aromatic N) is 1. The van der Waals surface area contributed by atoms with Gasteiger partial charge in [-0.15, -0.1) is 0 Å². The highest BCUT2D eigenvalue weighted by molar-refractivity contribution is 7.89. The second-order valence-electron chi connectivity index (χ2n) is 4.74. The highest BCUT2D eigenvalue weighted by Gasteiger charge is 2.23. The zero-order valence-electron chi connectivity index (χ0n) is 11.7. The summed E-state index contributed by atoms with van der Waals surface area (Å²) in [5.74, 6) is 0. The van der Waals surface area contributed by atoms with E-state index in [1.165, 1.54) is 4.31 Å². The minimum absolute atomic E-state index is 0.258. The van der Waals surface area contributed by atoms with Gasteiger partial charge in [0.15, 0.2) is 0 Å². The van der Waals surface area contributed by atoms with Crippen molar-refractivity contribution in [3.8, 4) is 0 Å². The van der Waals surface area contributed by atoms with Gasteiger partial charge in [-0.2, -0.15) is 15.6 Å². The van der Waals surface area contributed by atoms with Gasteiger partial charge in [0, 0.05) is 19.2 Å². The molecule has 0 fully saturated rings. The van der Waals surface area contributed by atoms with Crippen LogP contribution in [0.5, 0.6) is 0 Å². The first-order valence-corrected chi connectivity index (χ1v) is 8.99. The highest BCUT2D eigenvalue weighted by Crippen LogP contribution is 2.22. The van der Waals surface area contributed by atoms with E-state index in [4.69, 9.17) is 18.0 Å². The quantitative estimate of drug-likeness (QED) is 0.850. The molecular weight excluding hydrogens is 324 g/mol. The fourth-order valence-electron chi connectivity index (χ4n) is 1.98. The van der Waals surface area contributed by atoms with E-state index in [1.807, 2.05) is 16.8 Å². The zero-order valence-corrected chi connectivity index (χ0v) is 14.2. The molecule has 1 heterocycles. The third kappa shape index (κ3) is 3.49. The van der Waals surface area contributed by atoms with Gasteiger partial charge in [-0.3, -0.25) is 0 Å². The maximum absolute atomic E-state index is 12.6. The maximum Gasteiger partial charge on any atom is 0.243 e. The number of sulfonamides is 1. The van der Waals surface area contributed by atoms with E-state index < -0.39 is 10.0 Å². The maximum atomic E-state index is 12.6. The lowest BCUT2D eigenvalue weighted by Gasteiger charge is -2.18. The zero-order chi connectivity index (χ0) is 15.6. The molecule has 0 unspecified atom stereocenters. The summed E-state index contributed by atoms with van der Waals surface area (Å²) >= 11 is 6.45.